The second-order valence-electron chi connectivity index (χ2n) is 7.78. The summed E-state index contributed by atoms with van der Waals surface area (Å²) in [4.78, 5) is 30.0. The number of aromatic nitrogens is 2. The van der Waals surface area contributed by atoms with Crippen molar-refractivity contribution in [2.75, 3.05) is 0 Å². The number of halogens is 1. The van der Waals surface area contributed by atoms with Crippen molar-refractivity contribution in [2.24, 2.45) is 5.41 Å². The van der Waals surface area contributed by atoms with Gasteiger partial charge in [0, 0.05) is 17.8 Å². The molecule has 0 radical (unpaired) electrons. The average molecular weight is 421 g/mol. The van der Waals surface area contributed by atoms with Crippen LogP contribution < -0.4 is 14.8 Å². The molecule has 0 aliphatic carbocycles. The fourth-order valence-electron chi connectivity index (χ4n) is 2.80. The summed E-state index contributed by atoms with van der Waals surface area (Å²) in [6, 6.07) is 11.3. The molecule has 0 saturated heterocycles. The molecule has 2 heterocycles. The number of nitriles is 1. The third kappa shape index (κ3) is 4.61. The molecule has 1 aromatic carbocycles. The molecular formula is C23H20FN3O2S. The van der Waals surface area contributed by atoms with E-state index in [1.54, 1.807) is 63.5 Å². The number of ketones is 1. The highest BCUT2D eigenvalue weighted by atomic mass is 32.1. The number of Topliss-reactive ketones (excluding diaryl/α,β-unsaturated/α-hetero) is 1. The molecule has 30 heavy (non-hydrogen) atoms. The highest BCUT2D eigenvalue weighted by Gasteiger charge is 2.27. The Bertz CT molecular complexity index is 1290. The van der Waals surface area contributed by atoms with E-state index in [1.807, 2.05) is 6.07 Å². The molecule has 0 unspecified atom stereocenters. The van der Waals surface area contributed by atoms with Crippen LogP contribution in [0.4, 0.5) is 4.39 Å². The lowest BCUT2D eigenvalue weighted by Gasteiger charge is -2.15. The SMILES string of the molecule is CC(C)(C)C(=O)/C(C#N)=c1\s/c(=C\c2ccncc2)c(=O)n1Cc1ccc(F)cc1. The molecule has 3 rings (SSSR count). The summed E-state index contributed by atoms with van der Waals surface area (Å²) < 4.78 is 15.4. The van der Waals surface area contributed by atoms with Crippen molar-refractivity contribution in [3.05, 3.63) is 85.3 Å². The summed E-state index contributed by atoms with van der Waals surface area (Å²) in [5.74, 6) is -0.717. The van der Waals surface area contributed by atoms with Crippen LogP contribution in [0, 0.1) is 22.6 Å². The van der Waals surface area contributed by atoms with Crippen LogP contribution in [0.25, 0.3) is 11.6 Å². The van der Waals surface area contributed by atoms with Gasteiger partial charge >= 0.3 is 0 Å². The molecule has 0 fully saturated rings. The second kappa shape index (κ2) is 8.56. The van der Waals surface area contributed by atoms with E-state index in [0.717, 1.165) is 16.9 Å². The number of benzene rings is 1. The van der Waals surface area contributed by atoms with Crippen molar-refractivity contribution in [3.63, 3.8) is 0 Å². The molecule has 2 aromatic heterocycles. The topological polar surface area (TPSA) is 75.8 Å². The molecular weight excluding hydrogens is 401 g/mol. The summed E-state index contributed by atoms with van der Waals surface area (Å²) in [5.41, 5.74) is 0.325. The van der Waals surface area contributed by atoms with E-state index in [-0.39, 0.29) is 29.3 Å². The molecule has 0 atom stereocenters. The predicted molar refractivity (Wildman–Crippen MR) is 115 cm³/mol. The van der Waals surface area contributed by atoms with Gasteiger partial charge in [-0.15, -0.1) is 11.3 Å². The van der Waals surface area contributed by atoms with Crippen LogP contribution in [-0.2, 0) is 11.3 Å². The minimum Gasteiger partial charge on any atom is -0.293 e. The largest absolute Gasteiger partial charge is 0.293 e. The normalized spacial score (nSPS) is 13.1. The first-order chi connectivity index (χ1) is 14.2. The Morgan fingerprint density at radius 3 is 2.40 bits per heavy atom. The minimum atomic E-state index is -0.777. The second-order valence-corrected chi connectivity index (χ2v) is 8.81. The number of carbonyl (C=O) groups excluding carboxylic acids is 1. The van der Waals surface area contributed by atoms with E-state index in [2.05, 4.69) is 4.98 Å². The Hall–Kier alpha value is -3.37. The van der Waals surface area contributed by atoms with Crippen LogP contribution in [0.1, 0.15) is 31.9 Å². The molecule has 0 aliphatic rings. The van der Waals surface area contributed by atoms with Crippen molar-refractivity contribution in [3.8, 4) is 6.07 Å². The van der Waals surface area contributed by atoms with Gasteiger partial charge in [-0.2, -0.15) is 5.26 Å². The van der Waals surface area contributed by atoms with E-state index in [1.165, 1.54) is 16.7 Å². The first kappa shape index (κ1) is 21.3. The van der Waals surface area contributed by atoms with Gasteiger partial charge in [-0.05, 0) is 41.5 Å². The van der Waals surface area contributed by atoms with E-state index in [9.17, 15) is 19.2 Å². The number of hydrogen-bond acceptors (Lipinski definition) is 5. The van der Waals surface area contributed by atoms with Crippen LogP contribution in [0.15, 0.2) is 53.6 Å². The maximum Gasteiger partial charge on any atom is 0.269 e. The number of thiazole rings is 1. The molecule has 0 bridgehead atoms. The van der Waals surface area contributed by atoms with Crippen molar-refractivity contribution in [1.29, 1.82) is 5.26 Å². The zero-order chi connectivity index (χ0) is 21.9. The van der Waals surface area contributed by atoms with Crippen LogP contribution in [0.2, 0.25) is 0 Å². The van der Waals surface area contributed by atoms with E-state index in [0.29, 0.717) is 14.8 Å². The maximum absolute atomic E-state index is 13.3. The van der Waals surface area contributed by atoms with Gasteiger partial charge < -0.3 is 0 Å². The third-order valence-electron chi connectivity index (χ3n) is 4.40. The number of hydrogen-bond donors (Lipinski definition) is 0. The first-order valence-corrected chi connectivity index (χ1v) is 10.1. The third-order valence-corrected chi connectivity index (χ3v) is 5.53. The Morgan fingerprint density at radius 2 is 1.83 bits per heavy atom. The molecule has 7 heteroatoms. The van der Waals surface area contributed by atoms with Crippen molar-refractivity contribution >= 4 is 28.8 Å². The number of carbonyl (C=O) groups is 1. The Kier molecular flexibility index (Phi) is 6.09. The van der Waals surface area contributed by atoms with Crippen LogP contribution in [-0.4, -0.2) is 15.3 Å². The maximum atomic E-state index is 13.3. The lowest BCUT2D eigenvalue weighted by atomic mass is 9.87. The fourth-order valence-corrected chi connectivity index (χ4v) is 3.90. The van der Waals surface area contributed by atoms with Gasteiger partial charge in [-0.25, -0.2) is 4.39 Å². The highest BCUT2D eigenvalue weighted by Crippen LogP contribution is 2.19. The lowest BCUT2D eigenvalue weighted by molar-refractivity contribution is -0.120. The Labute approximate surface area is 177 Å². The number of rotatable bonds is 4. The molecule has 3 aromatic rings. The van der Waals surface area contributed by atoms with Gasteiger partial charge in [0.25, 0.3) is 5.56 Å². The minimum absolute atomic E-state index is 0.0545. The first-order valence-electron chi connectivity index (χ1n) is 9.26. The standard InChI is InChI=1S/C23H20FN3O2S/c1-23(2,3)20(28)18(13-25)22-27(14-16-4-6-17(24)7-5-16)21(29)19(30-22)12-15-8-10-26-11-9-15/h4-12H,14H2,1-3H3/b19-12-,22-18-. The van der Waals surface area contributed by atoms with Gasteiger partial charge in [0.1, 0.15) is 22.1 Å². The molecule has 0 aliphatic heterocycles. The fraction of sp³-hybridized carbons (Fsp3) is 0.217. The van der Waals surface area contributed by atoms with Crippen molar-refractivity contribution < 1.29 is 9.18 Å². The van der Waals surface area contributed by atoms with Crippen molar-refractivity contribution in [2.45, 2.75) is 27.3 Å². The zero-order valence-corrected chi connectivity index (χ0v) is 17.7. The number of pyridine rings is 1. The summed E-state index contributed by atoms with van der Waals surface area (Å²) in [6.07, 6.45) is 4.94. The number of nitrogens with zero attached hydrogens (tertiary/aromatic N) is 3. The molecule has 5 nitrogen and oxygen atoms in total. The monoisotopic (exact) mass is 421 g/mol. The van der Waals surface area contributed by atoms with Gasteiger partial charge in [0.2, 0.25) is 0 Å². The van der Waals surface area contributed by atoms with Crippen LogP contribution in [0.3, 0.4) is 0 Å². The molecule has 0 spiro atoms. The summed E-state index contributed by atoms with van der Waals surface area (Å²) in [7, 11) is 0. The Balaban J connectivity index is 2.31. The molecule has 0 saturated carbocycles. The lowest BCUT2D eigenvalue weighted by Crippen LogP contribution is -2.34. The summed E-state index contributed by atoms with van der Waals surface area (Å²) in [6.45, 7) is 5.31. The van der Waals surface area contributed by atoms with E-state index < -0.39 is 5.41 Å². The van der Waals surface area contributed by atoms with E-state index in [4.69, 9.17) is 0 Å². The summed E-state index contributed by atoms with van der Waals surface area (Å²) >= 11 is 1.10. The Morgan fingerprint density at radius 1 is 1.20 bits per heavy atom. The van der Waals surface area contributed by atoms with Crippen molar-refractivity contribution in [1.82, 2.24) is 9.55 Å². The average Bonchev–Trinajstić information content (AvgIpc) is 3.00. The summed E-state index contributed by atoms with van der Waals surface area (Å²) in [5, 5.41) is 9.75. The molecule has 0 N–H and O–H groups in total. The van der Waals surface area contributed by atoms with E-state index >= 15 is 0 Å². The predicted octanol–water partition coefficient (Wildman–Crippen LogP) is 2.61. The van der Waals surface area contributed by atoms with Gasteiger partial charge in [0.05, 0.1) is 11.1 Å². The van der Waals surface area contributed by atoms with Gasteiger partial charge in [-0.1, -0.05) is 32.9 Å². The highest BCUT2D eigenvalue weighted by molar-refractivity contribution is 7.07. The van der Waals surface area contributed by atoms with Crippen LogP contribution in [0.5, 0.6) is 0 Å². The van der Waals surface area contributed by atoms with Gasteiger partial charge in [0.15, 0.2) is 5.78 Å². The van der Waals surface area contributed by atoms with Gasteiger partial charge in [-0.3, -0.25) is 19.1 Å². The molecule has 0 amide bonds. The zero-order valence-electron chi connectivity index (χ0n) is 16.8. The van der Waals surface area contributed by atoms with Crippen LogP contribution >= 0.6 is 11.3 Å². The molecule has 152 valence electrons. The quantitative estimate of drug-likeness (QED) is 0.649. The smallest absolute Gasteiger partial charge is 0.269 e.